The van der Waals surface area contributed by atoms with E-state index in [2.05, 4.69) is 4.90 Å². The van der Waals surface area contributed by atoms with E-state index in [4.69, 9.17) is 9.47 Å². The van der Waals surface area contributed by atoms with Crippen molar-refractivity contribution in [1.82, 2.24) is 4.90 Å². The van der Waals surface area contributed by atoms with E-state index in [1.165, 1.54) is 0 Å². The highest BCUT2D eigenvalue weighted by Crippen LogP contribution is 2.37. The average Bonchev–Trinajstić information content (AvgIpc) is 3.11. The highest BCUT2D eigenvalue weighted by molar-refractivity contribution is 5.77. The fraction of sp³-hybridized carbons (Fsp3) is 0.750. The summed E-state index contributed by atoms with van der Waals surface area (Å²) in [4.78, 5) is 25.7. The Hall–Kier alpha value is -1.44. The van der Waals surface area contributed by atoms with Crippen LogP contribution in [-0.4, -0.2) is 64.7 Å². The summed E-state index contributed by atoms with van der Waals surface area (Å²) in [6.45, 7) is 5.02. The number of esters is 2. The van der Waals surface area contributed by atoms with E-state index in [0.717, 1.165) is 25.1 Å². The molecule has 0 bridgehead atoms. The van der Waals surface area contributed by atoms with Crippen LogP contribution in [0.5, 0.6) is 0 Å². The van der Waals surface area contributed by atoms with Crippen LogP contribution >= 0.6 is 0 Å². The van der Waals surface area contributed by atoms with Crippen molar-refractivity contribution in [3.8, 4) is 0 Å². The van der Waals surface area contributed by atoms with Gasteiger partial charge in [-0.3, -0.25) is 14.5 Å². The summed E-state index contributed by atoms with van der Waals surface area (Å²) in [5.41, 5.74) is 0.889. The summed E-state index contributed by atoms with van der Waals surface area (Å²) in [7, 11) is 0. The summed E-state index contributed by atoms with van der Waals surface area (Å²) in [5.74, 6) is -3.84. The molecule has 3 rings (SSSR count). The van der Waals surface area contributed by atoms with Gasteiger partial charge in [0.25, 0.3) is 0 Å². The van der Waals surface area contributed by atoms with Gasteiger partial charge in [-0.15, -0.1) is 0 Å². The molecule has 0 amide bonds. The third-order valence-corrected chi connectivity index (χ3v) is 5.35. The number of aliphatic hydroxyl groups excluding tert-OH is 1. The second kappa shape index (κ2) is 5.89. The molecular weight excluding hydrogens is 302 g/mol. The zero-order valence-electron chi connectivity index (χ0n) is 13.4. The van der Waals surface area contributed by atoms with Gasteiger partial charge in [-0.25, -0.2) is 0 Å². The van der Waals surface area contributed by atoms with Crippen molar-refractivity contribution in [3.63, 3.8) is 0 Å². The molecule has 23 heavy (non-hydrogen) atoms. The fourth-order valence-electron chi connectivity index (χ4n) is 3.60. The number of hydrogen-bond acceptors (Lipinski definition) is 7. The van der Waals surface area contributed by atoms with Crippen LogP contribution < -0.4 is 0 Å². The Morgan fingerprint density at radius 2 is 2.26 bits per heavy atom. The van der Waals surface area contributed by atoms with Crippen LogP contribution in [0.2, 0.25) is 0 Å². The van der Waals surface area contributed by atoms with Gasteiger partial charge in [0.05, 0.1) is 18.1 Å². The van der Waals surface area contributed by atoms with E-state index in [1.807, 2.05) is 6.08 Å². The highest BCUT2D eigenvalue weighted by atomic mass is 16.7. The Morgan fingerprint density at radius 1 is 1.52 bits per heavy atom. The summed E-state index contributed by atoms with van der Waals surface area (Å²) in [6, 6.07) is -0.0749. The normalized spacial score (nSPS) is 40.0. The molecule has 2 N–H and O–H groups in total. The number of fused-ring (bicyclic) bond motifs is 1. The molecule has 0 aromatic heterocycles. The Bertz CT molecular complexity index is 547. The molecule has 0 aromatic rings. The van der Waals surface area contributed by atoms with Gasteiger partial charge < -0.3 is 19.7 Å². The molecule has 0 aromatic carbocycles. The molecule has 3 aliphatic rings. The van der Waals surface area contributed by atoms with Gasteiger partial charge in [-0.2, -0.15) is 0 Å². The predicted molar refractivity (Wildman–Crippen MR) is 79.0 cm³/mol. The van der Waals surface area contributed by atoms with Crippen LogP contribution in [0.25, 0.3) is 0 Å². The largest absolute Gasteiger partial charge is 0.461 e. The molecule has 7 heteroatoms. The SMILES string of the molecule is CC1C(=O)OC(O)(CC(=O)OCC2=CCN3CCC(O)C23)C1C. The molecule has 128 valence electrons. The number of nitrogens with zero attached hydrogens (tertiary/aromatic N) is 1. The van der Waals surface area contributed by atoms with Gasteiger partial charge in [0.1, 0.15) is 13.0 Å². The second-order valence-corrected chi connectivity index (χ2v) is 6.76. The van der Waals surface area contributed by atoms with Gasteiger partial charge in [0, 0.05) is 19.0 Å². The lowest BCUT2D eigenvalue weighted by molar-refractivity contribution is -0.207. The first-order chi connectivity index (χ1) is 10.8. The lowest BCUT2D eigenvalue weighted by Gasteiger charge is -2.25. The monoisotopic (exact) mass is 325 g/mol. The maximum atomic E-state index is 12.0. The van der Waals surface area contributed by atoms with Gasteiger partial charge in [0.2, 0.25) is 5.79 Å². The number of cyclic esters (lactones) is 1. The highest BCUT2D eigenvalue weighted by Gasteiger charge is 2.52. The predicted octanol–water partition coefficient (Wildman–Crippen LogP) is -0.187. The standard InChI is InChI=1S/C16H23NO6/c1-9-10(2)16(21,23-15(9)20)7-13(19)22-8-11-3-5-17-6-4-12(18)14(11)17/h3,9-10,12,14,18,21H,4-8H2,1-2H3. The average molecular weight is 325 g/mol. The smallest absolute Gasteiger partial charge is 0.312 e. The molecule has 2 saturated heterocycles. The third-order valence-electron chi connectivity index (χ3n) is 5.35. The molecule has 5 unspecified atom stereocenters. The molecule has 3 aliphatic heterocycles. The van der Waals surface area contributed by atoms with Crippen molar-refractivity contribution in [2.45, 2.75) is 44.6 Å². The van der Waals surface area contributed by atoms with Crippen molar-refractivity contribution in [1.29, 1.82) is 0 Å². The van der Waals surface area contributed by atoms with E-state index < -0.39 is 35.7 Å². The van der Waals surface area contributed by atoms with Crippen molar-refractivity contribution in [2.24, 2.45) is 11.8 Å². The summed E-state index contributed by atoms with van der Waals surface area (Å²) in [5, 5.41) is 20.3. The molecule has 0 saturated carbocycles. The zero-order chi connectivity index (χ0) is 16.8. The van der Waals surface area contributed by atoms with Crippen LogP contribution in [0, 0.1) is 11.8 Å². The van der Waals surface area contributed by atoms with E-state index in [0.29, 0.717) is 0 Å². The van der Waals surface area contributed by atoms with Crippen molar-refractivity contribution in [3.05, 3.63) is 11.6 Å². The van der Waals surface area contributed by atoms with E-state index in [1.54, 1.807) is 13.8 Å². The Labute approximate surface area is 134 Å². The minimum absolute atomic E-state index is 0.0749. The van der Waals surface area contributed by atoms with Crippen LogP contribution in [0.4, 0.5) is 0 Å². The molecule has 5 atom stereocenters. The van der Waals surface area contributed by atoms with Crippen LogP contribution in [0.1, 0.15) is 26.7 Å². The van der Waals surface area contributed by atoms with E-state index in [9.17, 15) is 19.8 Å². The quantitative estimate of drug-likeness (QED) is 0.546. The molecule has 7 nitrogen and oxygen atoms in total. The van der Waals surface area contributed by atoms with Crippen LogP contribution in [-0.2, 0) is 19.1 Å². The first-order valence-corrected chi connectivity index (χ1v) is 8.03. The Balaban J connectivity index is 1.54. The molecule has 3 heterocycles. The van der Waals surface area contributed by atoms with Crippen LogP contribution in [0.15, 0.2) is 11.6 Å². The lowest BCUT2D eigenvalue weighted by Crippen LogP contribution is -2.38. The van der Waals surface area contributed by atoms with E-state index in [-0.39, 0.29) is 19.1 Å². The van der Waals surface area contributed by atoms with Gasteiger partial charge in [-0.05, 0) is 12.0 Å². The minimum Gasteiger partial charge on any atom is -0.461 e. The minimum atomic E-state index is -1.80. The van der Waals surface area contributed by atoms with Crippen LogP contribution in [0.3, 0.4) is 0 Å². The number of carbonyl (C=O) groups is 2. The Morgan fingerprint density at radius 3 is 2.91 bits per heavy atom. The molecule has 0 aliphatic carbocycles. The summed E-state index contributed by atoms with van der Waals surface area (Å²) >= 11 is 0. The van der Waals surface area contributed by atoms with Crippen molar-refractivity contribution >= 4 is 11.9 Å². The maximum absolute atomic E-state index is 12.0. The third kappa shape index (κ3) is 2.88. The number of ether oxygens (including phenoxy) is 2. The first kappa shape index (κ1) is 16.4. The fourth-order valence-corrected chi connectivity index (χ4v) is 3.60. The maximum Gasteiger partial charge on any atom is 0.312 e. The van der Waals surface area contributed by atoms with Crippen molar-refractivity contribution in [2.75, 3.05) is 19.7 Å². The second-order valence-electron chi connectivity index (χ2n) is 6.76. The number of hydrogen-bond donors (Lipinski definition) is 2. The van der Waals surface area contributed by atoms with Crippen molar-refractivity contribution < 1.29 is 29.3 Å². The zero-order valence-corrected chi connectivity index (χ0v) is 13.4. The Kier molecular flexibility index (Phi) is 4.20. The summed E-state index contributed by atoms with van der Waals surface area (Å²) < 4.78 is 10.2. The molecule has 0 radical (unpaired) electrons. The van der Waals surface area contributed by atoms with Gasteiger partial charge in [0.15, 0.2) is 0 Å². The van der Waals surface area contributed by atoms with E-state index >= 15 is 0 Å². The molecule has 0 spiro atoms. The topological polar surface area (TPSA) is 96.3 Å². The summed E-state index contributed by atoms with van der Waals surface area (Å²) in [6.07, 6.45) is 1.88. The lowest BCUT2D eigenvalue weighted by atomic mass is 9.89. The molecule has 2 fully saturated rings. The molecular formula is C16H23NO6. The number of aliphatic hydroxyl groups is 2. The van der Waals surface area contributed by atoms with Gasteiger partial charge in [-0.1, -0.05) is 19.9 Å². The number of rotatable bonds is 4. The van der Waals surface area contributed by atoms with Gasteiger partial charge >= 0.3 is 11.9 Å². The number of carbonyl (C=O) groups excluding carboxylic acids is 2. The first-order valence-electron chi connectivity index (χ1n) is 8.03.